The Morgan fingerprint density at radius 3 is 2.68 bits per heavy atom. The fourth-order valence-electron chi connectivity index (χ4n) is 2.76. The second-order valence-electron chi connectivity index (χ2n) is 5.17. The van der Waals surface area contributed by atoms with Crippen LogP contribution in [-0.4, -0.2) is 16.9 Å². The van der Waals surface area contributed by atoms with Crippen LogP contribution in [0.3, 0.4) is 0 Å². The number of carbonyl (C=O) groups is 2. The zero-order valence-electron chi connectivity index (χ0n) is 10.6. The van der Waals surface area contributed by atoms with Crippen LogP contribution in [0.5, 0.6) is 0 Å². The molecule has 19 heavy (non-hydrogen) atoms. The molecule has 1 aromatic carbocycles. The number of rotatable bonds is 4. The van der Waals surface area contributed by atoms with E-state index >= 15 is 0 Å². The smallest absolute Gasteiger partial charge is 0.306 e. The molecule has 2 atom stereocenters. The van der Waals surface area contributed by atoms with Gasteiger partial charge in [0.1, 0.15) is 0 Å². The van der Waals surface area contributed by atoms with E-state index in [9.17, 15) is 9.59 Å². The van der Waals surface area contributed by atoms with Gasteiger partial charge in [0.05, 0.1) is 5.92 Å². The lowest BCUT2D eigenvalue weighted by Gasteiger charge is -2.26. The van der Waals surface area contributed by atoms with E-state index in [1.54, 1.807) is 0 Å². The van der Waals surface area contributed by atoms with Gasteiger partial charge < -0.3 is 5.11 Å². The first kappa shape index (κ1) is 14.3. The highest BCUT2D eigenvalue weighted by Crippen LogP contribution is 2.32. The SMILES string of the molecule is O=C(C[C@H]1CCC[C@@H](C(=O)O)C1)c1ccccc1Br. The van der Waals surface area contributed by atoms with Gasteiger partial charge in [-0.2, -0.15) is 0 Å². The van der Waals surface area contributed by atoms with Crippen molar-refractivity contribution in [3.8, 4) is 0 Å². The van der Waals surface area contributed by atoms with Crippen LogP contribution in [0, 0.1) is 11.8 Å². The molecule has 0 bridgehead atoms. The summed E-state index contributed by atoms with van der Waals surface area (Å²) in [6.07, 6.45) is 3.69. The number of carboxylic acids is 1. The van der Waals surface area contributed by atoms with E-state index in [2.05, 4.69) is 15.9 Å². The van der Waals surface area contributed by atoms with Crippen LogP contribution >= 0.6 is 15.9 Å². The standard InChI is InChI=1S/C15H17BrO3/c16-13-7-2-1-6-12(13)14(17)9-10-4-3-5-11(8-10)15(18)19/h1-2,6-7,10-11H,3-5,8-9H2,(H,18,19)/t10-,11+/m0/s1. The fraction of sp³-hybridized carbons (Fsp3) is 0.467. The average Bonchev–Trinajstić information content (AvgIpc) is 2.39. The molecule has 0 saturated heterocycles. The van der Waals surface area contributed by atoms with Crippen molar-refractivity contribution in [3.05, 3.63) is 34.3 Å². The second-order valence-corrected chi connectivity index (χ2v) is 6.03. The van der Waals surface area contributed by atoms with E-state index in [1.807, 2.05) is 24.3 Å². The lowest BCUT2D eigenvalue weighted by Crippen LogP contribution is -2.24. The number of carbonyl (C=O) groups excluding carboxylic acids is 1. The highest BCUT2D eigenvalue weighted by Gasteiger charge is 2.28. The Morgan fingerprint density at radius 2 is 2.00 bits per heavy atom. The van der Waals surface area contributed by atoms with Gasteiger partial charge in [-0.1, -0.05) is 40.5 Å². The quantitative estimate of drug-likeness (QED) is 0.854. The average molecular weight is 325 g/mol. The summed E-state index contributed by atoms with van der Waals surface area (Å²) in [6, 6.07) is 7.39. The molecule has 0 aliphatic heterocycles. The van der Waals surface area contributed by atoms with Crippen LogP contribution in [0.4, 0.5) is 0 Å². The Hall–Kier alpha value is -1.16. The maximum atomic E-state index is 12.2. The molecule has 1 saturated carbocycles. The minimum Gasteiger partial charge on any atom is -0.481 e. The second kappa shape index (κ2) is 6.33. The summed E-state index contributed by atoms with van der Waals surface area (Å²) < 4.78 is 0.811. The Kier molecular flexibility index (Phi) is 4.75. The molecule has 0 spiro atoms. The van der Waals surface area contributed by atoms with E-state index in [1.165, 1.54) is 0 Å². The largest absolute Gasteiger partial charge is 0.481 e. The molecule has 1 N–H and O–H groups in total. The van der Waals surface area contributed by atoms with Crippen LogP contribution in [-0.2, 0) is 4.79 Å². The zero-order valence-corrected chi connectivity index (χ0v) is 12.2. The van der Waals surface area contributed by atoms with Crippen LogP contribution in [0.1, 0.15) is 42.5 Å². The summed E-state index contributed by atoms with van der Waals surface area (Å²) in [6.45, 7) is 0. The minimum absolute atomic E-state index is 0.100. The zero-order chi connectivity index (χ0) is 13.8. The number of hydrogen-bond acceptors (Lipinski definition) is 2. The lowest BCUT2D eigenvalue weighted by atomic mass is 9.78. The summed E-state index contributed by atoms with van der Waals surface area (Å²) in [7, 11) is 0. The molecule has 0 heterocycles. The van der Waals surface area contributed by atoms with Gasteiger partial charge >= 0.3 is 5.97 Å². The number of Topliss-reactive ketones (excluding diaryl/α,β-unsaturated/α-hetero) is 1. The molecule has 0 amide bonds. The van der Waals surface area contributed by atoms with Crippen molar-refractivity contribution in [1.29, 1.82) is 0 Å². The Bertz CT molecular complexity index is 484. The highest BCUT2D eigenvalue weighted by molar-refractivity contribution is 9.10. The highest BCUT2D eigenvalue weighted by atomic mass is 79.9. The Labute approximate surface area is 121 Å². The first-order valence-corrected chi connectivity index (χ1v) is 7.37. The minimum atomic E-state index is -0.724. The maximum absolute atomic E-state index is 12.2. The molecular formula is C15H17BrO3. The predicted molar refractivity (Wildman–Crippen MR) is 76.2 cm³/mol. The van der Waals surface area contributed by atoms with E-state index in [0.29, 0.717) is 18.4 Å². The van der Waals surface area contributed by atoms with Crippen LogP contribution in [0.2, 0.25) is 0 Å². The van der Waals surface area contributed by atoms with Crippen molar-refractivity contribution in [2.45, 2.75) is 32.1 Å². The molecule has 1 aliphatic rings. The molecule has 4 heteroatoms. The topological polar surface area (TPSA) is 54.4 Å². The maximum Gasteiger partial charge on any atom is 0.306 e. The molecular weight excluding hydrogens is 308 g/mol. The van der Waals surface area contributed by atoms with Crippen molar-refractivity contribution in [2.75, 3.05) is 0 Å². The van der Waals surface area contributed by atoms with Gasteiger partial charge in [0.15, 0.2) is 5.78 Å². The molecule has 0 aromatic heterocycles. The molecule has 1 aromatic rings. The molecule has 2 rings (SSSR count). The predicted octanol–water partition coefficient (Wildman–Crippen LogP) is 3.91. The summed E-state index contributed by atoms with van der Waals surface area (Å²) in [5, 5.41) is 9.06. The van der Waals surface area contributed by atoms with Gasteiger partial charge in [-0.25, -0.2) is 0 Å². The van der Waals surface area contributed by atoms with E-state index < -0.39 is 5.97 Å². The monoisotopic (exact) mass is 324 g/mol. The number of benzene rings is 1. The summed E-state index contributed by atoms with van der Waals surface area (Å²) in [5.41, 5.74) is 0.694. The lowest BCUT2D eigenvalue weighted by molar-refractivity contribution is -0.143. The first-order valence-electron chi connectivity index (χ1n) is 6.58. The van der Waals surface area contributed by atoms with Crippen molar-refractivity contribution in [1.82, 2.24) is 0 Å². The summed E-state index contributed by atoms with van der Waals surface area (Å²) in [5.74, 6) is -0.693. The molecule has 1 fully saturated rings. The fourth-order valence-corrected chi connectivity index (χ4v) is 3.27. The van der Waals surface area contributed by atoms with Crippen LogP contribution in [0.25, 0.3) is 0 Å². The van der Waals surface area contributed by atoms with Gasteiger partial charge in [-0.3, -0.25) is 9.59 Å². The van der Waals surface area contributed by atoms with Crippen molar-refractivity contribution < 1.29 is 14.7 Å². The Morgan fingerprint density at radius 1 is 1.26 bits per heavy atom. The molecule has 102 valence electrons. The normalized spacial score (nSPS) is 23.0. The van der Waals surface area contributed by atoms with E-state index in [0.717, 1.165) is 23.7 Å². The van der Waals surface area contributed by atoms with E-state index in [4.69, 9.17) is 5.11 Å². The third kappa shape index (κ3) is 3.66. The van der Waals surface area contributed by atoms with Gasteiger partial charge in [-0.05, 0) is 31.2 Å². The van der Waals surface area contributed by atoms with Gasteiger partial charge in [0.25, 0.3) is 0 Å². The number of hydrogen-bond donors (Lipinski definition) is 1. The van der Waals surface area contributed by atoms with Gasteiger partial charge in [-0.15, -0.1) is 0 Å². The number of halogens is 1. The van der Waals surface area contributed by atoms with Crippen molar-refractivity contribution >= 4 is 27.7 Å². The van der Waals surface area contributed by atoms with Crippen LogP contribution in [0.15, 0.2) is 28.7 Å². The van der Waals surface area contributed by atoms with Crippen LogP contribution < -0.4 is 0 Å². The third-order valence-corrected chi connectivity index (χ3v) is 4.47. The molecule has 1 aliphatic carbocycles. The van der Waals surface area contributed by atoms with Crippen molar-refractivity contribution in [3.63, 3.8) is 0 Å². The number of carboxylic acid groups (broad SMARTS) is 1. The summed E-state index contributed by atoms with van der Waals surface area (Å²) in [4.78, 5) is 23.3. The first-order chi connectivity index (χ1) is 9.08. The van der Waals surface area contributed by atoms with Gasteiger partial charge in [0.2, 0.25) is 0 Å². The number of ketones is 1. The molecule has 0 unspecified atom stereocenters. The number of aliphatic carboxylic acids is 1. The Balaban J connectivity index is 1.99. The summed E-state index contributed by atoms with van der Waals surface area (Å²) >= 11 is 3.38. The van der Waals surface area contributed by atoms with Crippen molar-refractivity contribution in [2.24, 2.45) is 11.8 Å². The molecule has 3 nitrogen and oxygen atoms in total. The molecule has 0 radical (unpaired) electrons. The van der Waals surface area contributed by atoms with Gasteiger partial charge in [0, 0.05) is 16.5 Å². The third-order valence-electron chi connectivity index (χ3n) is 3.78. The van der Waals surface area contributed by atoms with E-state index in [-0.39, 0.29) is 17.6 Å².